The number of hydrogen-bond acceptors (Lipinski definition) is 3. The van der Waals surface area contributed by atoms with Gasteiger partial charge in [-0.3, -0.25) is 4.90 Å². The summed E-state index contributed by atoms with van der Waals surface area (Å²) in [6.45, 7) is 10.4. The van der Waals surface area contributed by atoms with Crippen molar-refractivity contribution >= 4 is 27.3 Å². The lowest BCUT2D eigenvalue weighted by Gasteiger charge is -2.49. The van der Waals surface area contributed by atoms with Crippen LogP contribution in [0.5, 0.6) is 0 Å². The molecule has 1 atom stereocenters. The van der Waals surface area contributed by atoms with E-state index in [0.717, 1.165) is 13.1 Å². The molecule has 1 aliphatic rings. The number of nitrogens with one attached hydrogen (secondary N) is 1. The zero-order valence-corrected chi connectivity index (χ0v) is 15.3. The number of piperazine rings is 1. The van der Waals surface area contributed by atoms with Gasteiger partial charge in [0.15, 0.2) is 0 Å². The van der Waals surface area contributed by atoms with Crippen LogP contribution in [-0.4, -0.2) is 29.6 Å². The van der Waals surface area contributed by atoms with E-state index in [1.54, 1.807) is 0 Å². The van der Waals surface area contributed by atoms with Crippen molar-refractivity contribution in [3.05, 3.63) is 20.8 Å². The number of hydrogen-bond donors (Lipinski definition) is 1. The minimum Gasteiger partial charge on any atom is -0.311 e. The topological polar surface area (TPSA) is 15.3 Å². The van der Waals surface area contributed by atoms with Crippen LogP contribution in [0.4, 0.5) is 0 Å². The molecular formula is C16H27BrN2S. The van der Waals surface area contributed by atoms with E-state index >= 15 is 0 Å². The van der Waals surface area contributed by atoms with Crippen LogP contribution in [-0.2, 0) is 6.54 Å². The molecule has 20 heavy (non-hydrogen) atoms. The number of thiophene rings is 1. The standard InChI is InChI=1S/C16H27BrN2S/c1-4-7-14-9-19(10-15-8-13(17)11-20-15)16(5-2,6-3)12-18-14/h8,11,14,18H,4-7,9-10,12H2,1-3H3. The van der Waals surface area contributed by atoms with Gasteiger partial charge in [0.05, 0.1) is 0 Å². The van der Waals surface area contributed by atoms with Crippen molar-refractivity contribution in [3.8, 4) is 0 Å². The van der Waals surface area contributed by atoms with E-state index in [-0.39, 0.29) is 0 Å². The van der Waals surface area contributed by atoms with Gasteiger partial charge in [-0.2, -0.15) is 0 Å². The van der Waals surface area contributed by atoms with Crippen molar-refractivity contribution in [1.29, 1.82) is 0 Å². The van der Waals surface area contributed by atoms with Crippen molar-refractivity contribution in [2.75, 3.05) is 13.1 Å². The Hall–Kier alpha value is 0.1000. The Morgan fingerprint density at radius 2 is 2.15 bits per heavy atom. The van der Waals surface area contributed by atoms with Crippen molar-refractivity contribution in [2.24, 2.45) is 0 Å². The zero-order chi connectivity index (χ0) is 14.6. The van der Waals surface area contributed by atoms with Crippen molar-refractivity contribution in [3.63, 3.8) is 0 Å². The summed E-state index contributed by atoms with van der Waals surface area (Å²) in [5, 5.41) is 5.98. The molecule has 1 aromatic heterocycles. The summed E-state index contributed by atoms with van der Waals surface area (Å²) in [6, 6.07) is 2.94. The maximum absolute atomic E-state index is 3.79. The molecule has 2 nitrogen and oxygen atoms in total. The molecule has 2 rings (SSSR count). The highest BCUT2D eigenvalue weighted by Crippen LogP contribution is 2.31. The molecule has 0 bridgehead atoms. The Bertz CT molecular complexity index is 414. The molecule has 1 fully saturated rings. The molecular weight excluding hydrogens is 332 g/mol. The fourth-order valence-corrected chi connectivity index (χ4v) is 4.78. The molecule has 0 aliphatic carbocycles. The largest absolute Gasteiger partial charge is 0.311 e. The van der Waals surface area contributed by atoms with E-state index < -0.39 is 0 Å². The van der Waals surface area contributed by atoms with Gasteiger partial charge >= 0.3 is 0 Å². The van der Waals surface area contributed by atoms with E-state index in [1.165, 1.54) is 41.6 Å². The lowest BCUT2D eigenvalue weighted by Crippen LogP contribution is -2.63. The number of rotatable bonds is 6. The quantitative estimate of drug-likeness (QED) is 0.796. The van der Waals surface area contributed by atoms with Gasteiger partial charge in [0.1, 0.15) is 0 Å². The van der Waals surface area contributed by atoms with Crippen LogP contribution in [0.1, 0.15) is 51.3 Å². The molecule has 0 spiro atoms. The Kier molecular flexibility index (Phi) is 6.09. The van der Waals surface area contributed by atoms with E-state index in [4.69, 9.17) is 0 Å². The van der Waals surface area contributed by atoms with Gasteiger partial charge in [-0.15, -0.1) is 11.3 Å². The summed E-state index contributed by atoms with van der Waals surface area (Å²) in [4.78, 5) is 4.21. The molecule has 0 amide bonds. The van der Waals surface area contributed by atoms with Gasteiger partial charge in [0, 0.05) is 45.9 Å². The van der Waals surface area contributed by atoms with Gasteiger partial charge in [-0.25, -0.2) is 0 Å². The van der Waals surface area contributed by atoms with E-state index in [2.05, 4.69) is 58.4 Å². The van der Waals surface area contributed by atoms with Crippen LogP contribution in [0.25, 0.3) is 0 Å². The van der Waals surface area contributed by atoms with Crippen LogP contribution >= 0.6 is 27.3 Å². The van der Waals surface area contributed by atoms with Crippen LogP contribution in [0.3, 0.4) is 0 Å². The molecule has 0 radical (unpaired) electrons. The third kappa shape index (κ3) is 3.65. The van der Waals surface area contributed by atoms with Gasteiger partial charge < -0.3 is 5.32 Å². The minimum atomic E-state index is 0.334. The maximum atomic E-state index is 3.79. The number of halogens is 1. The van der Waals surface area contributed by atoms with E-state index in [9.17, 15) is 0 Å². The van der Waals surface area contributed by atoms with Crippen LogP contribution in [0.2, 0.25) is 0 Å². The predicted molar refractivity (Wildman–Crippen MR) is 92.4 cm³/mol. The third-order valence-corrected chi connectivity index (χ3v) is 6.44. The molecule has 1 aliphatic heterocycles. The minimum absolute atomic E-state index is 0.334. The molecule has 0 saturated carbocycles. The fourth-order valence-electron chi connectivity index (χ4n) is 3.32. The third-order valence-electron chi connectivity index (χ3n) is 4.75. The van der Waals surface area contributed by atoms with Gasteiger partial charge in [-0.1, -0.05) is 27.2 Å². The lowest BCUT2D eigenvalue weighted by molar-refractivity contribution is 0.0236. The highest BCUT2D eigenvalue weighted by Gasteiger charge is 2.38. The van der Waals surface area contributed by atoms with Crippen molar-refractivity contribution < 1.29 is 0 Å². The Morgan fingerprint density at radius 1 is 1.40 bits per heavy atom. The average Bonchev–Trinajstić information content (AvgIpc) is 2.86. The van der Waals surface area contributed by atoms with E-state index in [0.29, 0.717) is 11.6 Å². The Morgan fingerprint density at radius 3 is 2.70 bits per heavy atom. The molecule has 1 unspecified atom stereocenters. The first-order valence-electron chi connectivity index (χ1n) is 7.85. The lowest BCUT2D eigenvalue weighted by atomic mass is 9.86. The summed E-state index contributed by atoms with van der Waals surface area (Å²) in [5.74, 6) is 0. The Labute approximate surface area is 136 Å². The van der Waals surface area contributed by atoms with Crippen LogP contribution in [0.15, 0.2) is 15.9 Å². The zero-order valence-electron chi connectivity index (χ0n) is 12.9. The highest BCUT2D eigenvalue weighted by atomic mass is 79.9. The Balaban J connectivity index is 2.12. The second-order valence-corrected chi connectivity index (χ2v) is 7.82. The molecule has 4 heteroatoms. The second kappa shape index (κ2) is 7.39. The van der Waals surface area contributed by atoms with Crippen LogP contribution < -0.4 is 5.32 Å². The summed E-state index contributed by atoms with van der Waals surface area (Å²) in [5.41, 5.74) is 0.334. The van der Waals surface area contributed by atoms with Crippen LogP contribution in [0, 0.1) is 0 Å². The SMILES string of the molecule is CCCC1CN(Cc2cc(Br)cs2)C(CC)(CC)CN1. The fraction of sp³-hybridized carbons (Fsp3) is 0.750. The van der Waals surface area contributed by atoms with Gasteiger partial charge in [0.2, 0.25) is 0 Å². The smallest absolute Gasteiger partial charge is 0.0335 e. The molecule has 2 heterocycles. The average molecular weight is 359 g/mol. The molecule has 1 saturated heterocycles. The van der Waals surface area contributed by atoms with E-state index in [1.807, 2.05) is 11.3 Å². The summed E-state index contributed by atoms with van der Waals surface area (Å²) >= 11 is 5.45. The maximum Gasteiger partial charge on any atom is 0.0335 e. The predicted octanol–water partition coefficient (Wildman–Crippen LogP) is 4.64. The van der Waals surface area contributed by atoms with Gasteiger partial charge in [-0.05, 0) is 41.3 Å². The molecule has 1 aromatic rings. The highest BCUT2D eigenvalue weighted by molar-refractivity contribution is 9.10. The molecule has 114 valence electrons. The monoisotopic (exact) mass is 358 g/mol. The first-order valence-corrected chi connectivity index (χ1v) is 9.52. The number of nitrogens with zero attached hydrogens (tertiary/aromatic N) is 1. The first-order chi connectivity index (χ1) is 9.63. The first kappa shape index (κ1) is 16.5. The van der Waals surface area contributed by atoms with Crippen molar-refractivity contribution in [1.82, 2.24) is 10.2 Å². The second-order valence-electron chi connectivity index (χ2n) is 5.91. The van der Waals surface area contributed by atoms with Crippen molar-refractivity contribution in [2.45, 2.75) is 64.6 Å². The summed E-state index contributed by atoms with van der Waals surface area (Å²) < 4.78 is 1.22. The molecule has 1 N–H and O–H groups in total. The van der Waals surface area contributed by atoms with Gasteiger partial charge in [0.25, 0.3) is 0 Å². The summed E-state index contributed by atoms with van der Waals surface area (Å²) in [6.07, 6.45) is 5.00. The summed E-state index contributed by atoms with van der Waals surface area (Å²) in [7, 11) is 0. The normalized spacial score (nSPS) is 23.1. The molecule has 0 aromatic carbocycles.